The molecule has 0 saturated heterocycles. The molecule has 0 aliphatic carbocycles. The maximum Gasteiger partial charge on any atom is 0.241 e. The van der Waals surface area contributed by atoms with E-state index in [1.807, 2.05) is 0 Å². The molecule has 4 nitrogen and oxygen atoms in total. The summed E-state index contributed by atoms with van der Waals surface area (Å²) in [6.45, 7) is 5.28. The van der Waals surface area contributed by atoms with E-state index >= 15 is 0 Å². The van der Waals surface area contributed by atoms with Gasteiger partial charge < -0.3 is 5.73 Å². The molecule has 0 aliphatic rings. The van der Waals surface area contributed by atoms with Gasteiger partial charge in [-0.1, -0.05) is 0 Å². The number of rotatable bonds is 3. The zero-order valence-electron chi connectivity index (χ0n) is 9.41. The van der Waals surface area contributed by atoms with Crippen molar-refractivity contribution in [2.45, 2.75) is 31.7 Å². The van der Waals surface area contributed by atoms with Gasteiger partial charge in [0.1, 0.15) is 0 Å². The van der Waals surface area contributed by atoms with Crippen molar-refractivity contribution in [1.29, 1.82) is 0 Å². The highest BCUT2D eigenvalue weighted by atomic mass is 79.9. The summed E-state index contributed by atoms with van der Waals surface area (Å²) in [4.78, 5) is 0.224. The first kappa shape index (κ1) is 13.5. The summed E-state index contributed by atoms with van der Waals surface area (Å²) in [7, 11) is -3.48. The lowest BCUT2D eigenvalue weighted by Crippen LogP contribution is -2.30. The minimum Gasteiger partial charge on any atom is -0.398 e. The molecule has 90 valence electrons. The van der Waals surface area contributed by atoms with Gasteiger partial charge in [-0.25, -0.2) is 13.1 Å². The van der Waals surface area contributed by atoms with Crippen molar-refractivity contribution < 1.29 is 8.42 Å². The summed E-state index contributed by atoms with van der Waals surface area (Å²) >= 11 is 3.26. The summed E-state index contributed by atoms with van der Waals surface area (Å²) in [5.41, 5.74) is 6.75. The van der Waals surface area contributed by atoms with Crippen LogP contribution < -0.4 is 10.5 Å². The molecular weight excluding hydrogens is 292 g/mol. The summed E-state index contributed by atoms with van der Waals surface area (Å²) in [5.74, 6) is 0. The van der Waals surface area contributed by atoms with Crippen LogP contribution in [0.15, 0.2) is 21.5 Å². The van der Waals surface area contributed by atoms with E-state index in [0.29, 0.717) is 15.7 Å². The van der Waals surface area contributed by atoms with Crippen molar-refractivity contribution in [1.82, 2.24) is 4.72 Å². The number of sulfonamides is 1. The van der Waals surface area contributed by atoms with E-state index in [-0.39, 0.29) is 10.9 Å². The van der Waals surface area contributed by atoms with Gasteiger partial charge in [0.2, 0.25) is 10.0 Å². The molecule has 0 unspecified atom stereocenters. The Bertz CT molecular complexity index is 498. The molecule has 0 bridgehead atoms. The fraction of sp³-hybridized carbons (Fsp3) is 0.400. The number of aryl methyl sites for hydroxylation is 1. The zero-order valence-corrected chi connectivity index (χ0v) is 11.8. The van der Waals surface area contributed by atoms with E-state index in [1.165, 1.54) is 6.07 Å². The zero-order chi connectivity index (χ0) is 12.5. The number of benzene rings is 1. The van der Waals surface area contributed by atoms with Crippen molar-refractivity contribution in [2.75, 3.05) is 5.73 Å². The second kappa shape index (κ2) is 4.73. The van der Waals surface area contributed by atoms with Crippen molar-refractivity contribution in [2.24, 2.45) is 0 Å². The molecule has 0 aliphatic heterocycles. The van der Waals surface area contributed by atoms with Crippen LogP contribution in [0, 0.1) is 6.92 Å². The Labute approximate surface area is 104 Å². The second-order valence-corrected chi connectivity index (χ2v) is 6.45. The number of hydrogen-bond donors (Lipinski definition) is 2. The van der Waals surface area contributed by atoms with Gasteiger partial charge in [0.25, 0.3) is 0 Å². The molecule has 0 saturated carbocycles. The topological polar surface area (TPSA) is 72.2 Å². The molecule has 1 rings (SSSR count). The van der Waals surface area contributed by atoms with Gasteiger partial charge in [0.15, 0.2) is 0 Å². The normalized spacial score (nSPS) is 12.1. The molecule has 0 amide bonds. The predicted octanol–water partition coefficient (Wildman–Crippen LogP) is 2.03. The Balaban J connectivity index is 3.29. The van der Waals surface area contributed by atoms with Crippen molar-refractivity contribution in [3.05, 3.63) is 22.2 Å². The molecule has 3 N–H and O–H groups in total. The lowest BCUT2D eigenvalue weighted by atomic mass is 10.2. The van der Waals surface area contributed by atoms with E-state index in [1.54, 1.807) is 26.8 Å². The number of hydrogen-bond acceptors (Lipinski definition) is 3. The Kier molecular flexibility index (Phi) is 3.98. The Morgan fingerprint density at radius 2 is 1.94 bits per heavy atom. The maximum atomic E-state index is 11.9. The van der Waals surface area contributed by atoms with Gasteiger partial charge in [-0.15, -0.1) is 0 Å². The lowest BCUT2D eigenvalue weighted by molar-refractivity contribution is 0.569. The van der Waals surface area contributed by atoms with Crippen molar-refractivity contribution >= 4 is 31.6 Å². The lowest BCUT2D eigenvalue weighted by Gasteiger charge is -2.13. The Hall–Kier alpha value is -0.590. The van der Waals surface area contributed by atoms with E-state index in [9.17, 15) is 8.42 Å². The third-order valence-electron chi connectivity index (χ3n) is 1.97. The first-order chi connectivity index (χ1) is 7.24. The van der Waals surface area contributed by atoms with Crippen LogP contribution in [0.5, 0.6) is 0 Å². The molecule has 0 radical (unpaired) electrons. The monoisotopic (exact) mass is 306 g/mol. The molecule has 6 heteroatoms. The van der Waals surface area contributed by atoms with Crippen LogP contribution in [0.3, 0.4) is 0 Å². The smallest absolute Gasteiger partial charge is 0.241 e. The number of nitrogens with one attached hydrogen (secondary N) is 1. The van der Waals surface area contributed by atoms with E-state index in [4.69, 9.17) is 5.73 Å². The SMILES string of the molecule is Cc1cc(Br)c(N)cc1S(=O)(=O)NC(C)C. The average Bonchev–Trinajstić information content (AvgIpc) is 2.08. The summed E-state index contributed by atoms with van der Waals surface area (Å²) in [5, 5.41) is 0. The maximum absolute atomic E-state index is 11.9. The minimum atomic E-state index is -3.48. The molecule has 1 aromatic rings. The van der Waals surface area contributed by atoms with Gasteiger partial charge >= 0.3 is 0 Å². The predicted molar refractivity (Wildman–Crippen MR) is 68.7 cm³/mol. The molecule has 0 atom stereocenters. The first-order valence-electron chi connectivity index (χ1n) is 4.82. The fourth-order valence-electron chi connectivity index (χ4n) is 1.33. The molecule has 0 heterocycles. The average molecular weight is 307 g/mol. The van der Waals surface area contributed by atoms with Crippen LogP contribution >= 0.6 is 15.9 Å². The van der Waals surface area contributed by atoms with Crippen LogP contribution in [0.4, 0.5) is 5.69 Å². The molecule has 0 spiro atoms. The van der Waals surface area contributed by atoms with Crippen LogP contribution in [-0.2, 0) is 10.0 Å². The van der Waals surface area contributed by atoms with Gasteiger partial charge in [-0.2, -0.15) is 0 Å². The molecular formula is C10H15BrN2O2S. The Morgan fingerprint density at radius 3 is 2.44 bits per heavy atom. The van der Waals surface area contributed by atoms with Crippen molar-refractivity contribution in [3.8, 4) is 0 Å². The molecule has 1 aromatic carbocycles. The summed E-state index contributed by atoms with van der Waals surface area (Å²) < 4.78 is 27.1. The largest absolute Gasteiger partial charge is 0.398 e. The van der Waals surface area contributed by atoms with Crippen LogP contribution in [0.1, 0.15) is 19.4 Å². The first-order valence-corrected chi connectivity index (χ1v) is 7.09. The number of nitrogen functional groups attached to an aromatic ring is 1. The van der Waals surface area contributed by atoms with Gasteiger partial charge in [-0.05, 0) is 54.4 Å². The van der Waals surface area contributed by atoms with E-state index in [0.717, 1.165) is 0 Å². The van der Waals surface area contributed by atoms with E-state index in [2.05, 4.69) is 20.7 Å². The Morgan fingerprint density at radius 1 is 1.38 bits per heavy atom. The highest BCUT2D eigenvalue weighted by Crippen LogP contribution is 2.26. The minimum absolute atomic E-state index is 0.144. The van der Waals surface area contributed by atoms with Gasteiger partial charge in [-0.3, -0.25) is 0 Å². The standard InChI is InChI=1S/C10H15BrN2O2S/c1-6(2)13-16(14,15)10-5-9(12)8(11)4-7(10)3/h4-6,13H,12H2,1-3H3. The number of halogens is 1. The third-order valence-corrected chi connectivity index (χ3v) is 4.46. The van der Waals surface area contributed by atoms with Gasteiger partial charge in [0, 0.05) is 16.2 Å². The molecule has 0 aromatic heterocycles. The quantitative estimate of drug-likeness (QED) is 0.839. The molecule has 0 fully saturated rings. The highest BCUT2D eigenvalue weighted by molar-refractivity contribution is 9.10. The van der Waals surface area contributed by atoms with Gasteiger partial charge in [0.05, 0.1) is 4.90 Å². The van der Waals surface area contributed by atoms with E-state index < -0.39 is 10.0 Å². The summed E-state index contributed by atoms with van der Waals surface area (Å²) in [6.07, 6.45) is 0. The fourth-order valence-corrected chi connectivity index (χ4v) is 3.30. The van der Waals surface area contributed by atoms with Crippen molar-refractivity contribution in [3.63, 3.8) is 0 Å². The third kappa shape index (κ3) is 2.96. The van der Waals surface area contributed by atoms with Crippen LogP contribution in [-0.4, -0.2) is 14.5 Å². The van der Waals surface area contributed by atoms with Crippen LogP contribution in [0.25, 0.3) is 0 Å². The second-order valence-electron chi connectivity index (χ2n) is 3.92. The number of nitrogens with two attached hydrogens (primary N) is 1. The highest BCUT2D eigenvalue weighted by Gasteiger charge is 2.18. The molecule has 16 heavy (non-hydrogen) atoms. The number of anilines is 1. The van der Waals surface area contributed by atoms with Crippen LogP contribution in [0.2, 0.25) is 0 Å². The summed E-state index contributed by atoms with van der Waals surface area (Å²) in [6, 6.07) is 3.02.